The van der Waals surface area contributed by atoms with Crippen LogP contribution < -0.4 is 5.73 Å². The molecule has 5 rings (SSSR count). The molecule has 0 aromatic heterocycles. The van der Waals surface area contributed by atoms with Gasteiger partial charge in [-0.25, -0.2) is 0 Å². The van der Waals surface area contributed by atoms with Crippen molar-refractivity contribution in [2.24, 2.45) is 23.5 Å². The van der Waals surface area contributed by atoms with Crippen molar-refractivity contribution in [3.63, 3.8) is 0 Å². The molecule has 0 spiro atoms. The van der Waals surface area contributed by atoms with Gasteiger partial charge in [0.1, 0.15) is 22.8 Å². The zero-order valence-corrected chi connectivity index (χ0v) is 17.9. The Morgan fingerprint density at radius 2 is 1.74 bits per heavy atom. The first kappa shape index (κ1) is 21.5. The summed E-state index contributed by atoms with van der Waals surface area (Å²) in [5.74, 6) is -5.56. The zero-order valence-electron chi connectivity index (χ0n) is 17.9. The minimum absolute atomic E-state index is 0.0748. The van der Waals surface area contributed by atoms with E-state index in [2.05, 4.69) is 6.07 Å². The molecule has 8 nitrogen and oxygen atoms in total. The quantitative estimate of drug-likeness (QED) is 0.505. The van der Waals surface area contributed by atoms with Crippen LogP contribution >= 0.6 is 0 Å². The van der Waals surface area contributed by atoms with Gasteiger partial charge in [0, 0.05) is 12.0 Å². The second-order valence-electron chi connectivity index (χ2n) is 8.93. The third-order valence-electron chi connectivity index (χ3n) is 7.10. The summed E-state index contributed by atoms with van der Waals surface area (Å²) < 4.78 is 0. The second kappa shape index (κ2) is 7.59. The molecule has 1 saturated carbocycles. The van der Waals surface area contributed by atoms with Crippen LogP contribution in [0.4, 0.5) is 0 Å². The zero-order chi connectivity index (χ0) is 24.3. The number of nitrogens with zero attached hydrogens (tertiary/aromatic N) is 1. The minimum atomic E-state index is -1.14. The number of hydrogen-bond donors (Lipinski definition) is 4. The summed E-state index contributed by atoms with van der Waals surface area (Å²) in [6.45, 7) is 0. The Kier molecular flexibility index (Phi) is 4.79. The van der Waals surface area contributed by atoms with E-state index in [1.54, 1.807) is 30.3 Å². The van der Waals surface area contributed by atoms with E-state index in [-0.39, 0.29) is 29.1 Å². The van der Waals surface area contributed by atoms with Crippen molar-refractivity contribution in [3.8, 4) is 22.9 Å². The van der Waals surface area contributed by atoms with Crippen molar-refractivity contribution in [3.05, 3.63) is 70.0 Å². The smallest absolute Gasteiger partial charge is 0.255 e. The number of phenols is 1. The van der Waals surface area contributed by atoms with Gasteiger partial charge >= 0.3 is 0 Å². The number of aromatic hydroxyl groups is 1. The minimum Gasteiger partial charge on any atom is -0.511 e. The van der Waals surface area contributed by atoms with Crippen molar-refractivity contribution in [1.82, 2.24) is 0 Å². The molecule has 1 amide bonds. The number of hydrogen-bond acceptors (Lipinski definition) is 7. The average molecular weight is 456 g/mol. The molecule has 8 heteroatoms. The number of primary amides is 1. The van der Waals surface area contributed by atoms with Crippen LogP contribution in [0.2, 0.25) is 0 Å². The van der Waals surface area contributed by atoms with Crippen LogP contribution in [0.5, 0.6) is 5.75 Å². The monoisotopic (exact) mass is 456 g/mol. The number of Topliss-reactive ketones (excluding diaryl/α,β-unsaturated/α-hetero) is 2. The molecule has 3 aliphatic rings. The number of phenolic OH excluding ortho intramolecular Hbond substituents is 1. The van der Waals surface area contributed by atoms with Crippen molar-refractivity contribution in [2.75, 3.05) is 0 Å². The SMILES string of the molecule is N#Cc1ccc(-c2ccc(O)c3c2CC2CC4CC(=O)C(C(N)=O)=C(O)C4C(=O)C2=C3O)cc1. The topological polar surface area (TPSA) is 162 Å². The molecule has 170 valence electrons. The van der Waals surface area contributed by atoms with Crippen LogP contribution in [0.25, 0.3) is 16.9 Å². The van der Waals surface area contributed by atoms with Gasteiger partial charge in [0.2, 0.25) is 0 Å². The maximum Gasteiger partial charge on any atom is 0.255 e. The maximum atomic E-state index is 13.4. The average Bonchev–Trinajstić information content (AvgIpc) is 2.78. The number of aliphatic hydroxyl groups is 2. The lowest BCUT2D eigenvalue weighted by molar-refractivity contribution is -0.127. The van der Waals surface area contributed by atoms with Gasteiger partial charge in [0.15, 0.2) is 11.6 Å². The van der Waals surface area contributed by atoms with Crippen molar-refractivity contribution in [1.29, 1.82) is 5.26 Å². The first-order chi connectivity index (χ1) is 16.2. The molecular weight excluding hydrogens is 436 g/mol. The number of amides is 1. The summed E-state index contributed by atoms with van der Waals surface area (Å²) >= 11 is 0. The molecule has 3 unspecified atom stereocenters. The number of rotatable bonds is 2. The lowest BCUT2D eigenvalue weighted by Crippen LogP contribution is -2.44. The largest absolute Gasteiger partial charge is 0.511 e. The van der Waals surface area contributed by atoms with Gasteiger partial charge in [-0.05, 0) is 59.6 Å². The molecule has 0 heterocycles. The summed E-state index contributed by atoms with van der Waals surface area (Å²) in [5.41, 5.74) is 7.59. The highest BCUT2D eigenvalue weighted by atomic mass is 16.3. The number of nitrogens with two attached hydrogens (primary N) is 1. The Morgan fingerprint density at radius 1 is 1.03 bits per heavy atom. The van der Waals surface area contributed by atoms with Gasteiger partial charge in [-0.3, -0.25) is 14.4 Å². The molecule has 2 aromatic rings. The van der Waals surface area contributed by atoms with E-state index in [1.165, 1.54) is 6.07 Å². The third-order valence-corrected chi connectivity index (χ3v) is 7.10. The molecule has 0 aliphatic heterocycles. The van der Waals surface area contributed by atoms with Gasteiger partial charge in [-0.1, -0.05) is 18.2 Å². The molecule has 34 heavy (non-hydrogen) atoms. The highest BCUT2D eigenvalue weighted by molar-refractivity contribution is 6.21. The van der Waals surface area contributed by atoms with E-state index in [9.17, 15) is 29.7 Å². The predicted molar refractivity (Wildman–Crippen MR) is 120 cm³/mol. The number of aliphatic hydroxyl groups excluding tert-OH is 2. The second-order valence-corrected chi connectivity index (χ2v) is 8.93. The van der Waals surface area contributed by atoms with E-state index in [0.29, 0.717) is 24.0 Å². The van der Waals surface area contributed by atoms with Crippen LogP contribution in [-0.2, 0) is 20.8 Å². The molecule has 3 atom stereocenters. The molecule has 5 N–H and O–H groups in total. The van der Waals surface area contributed by atoms with E-state index in [0.717, 1.165) is 11.1 Å². The molecule has 0 bridgehead atoms. The molecular formula is C26H20N2O6. The Labute approximate surface area is 194 Å². The normalized spacial score (nSPS) is 23.7. The lowest BCUT2D eigenvalue weighted by Gasteiger charge is -2.41. The van der Waals surface area contributed by atoms with Crippen molar-refractivity contribution in [2.45, 2.75) is 19.3 Å². The van der Waals surface area contributed by atoms with Crippen molar-refractivity contribution >= 4 is 23.2 Å². The van der Waals surface area contributed by atoms with Crippen LogP contribution in [0.15, 0.2) is 53.3 Å². The number of allylic oxidation sites excluding steroid dienone is 2. The van der Waals surface area contributed by atoms with E-state index < -0.39 is 46.6 Å². The summed E-state index contributed by atoms with van der Waals surface area (Å²) in [6, 6.07) is 12.1. The highest BCUT2D eigenvalue weighted by Gasteiger charge is 2.50. The molecule has 3 aliphatic carbocycles. The summed E-state index contributed by atoms with van der Waals surface area (Å²) in [6.07, 6.45) is 0.562. The number of ketones is 2. The first-order valence-electron chi connectivity index (χ1n) is 10.8. The molecule has 0 radical (unpaired) electrons. The molecule has 0 saturated heterocycles. The number of carbonyl (C=O) groups is 3. The maximum absolute atomic E-state index is 13.4. The Morgan fingerprint density at radius 3 is 2.38 bits per heavy atom. The Hall–Kier alpha value is -4.38. The van der Waals surface area contributed by atoms with Gasteiger partial charge in [-0.2, -0.15) is 5.26 Å². The van der Waals surface area contributed by atoms with Crippen LogP contribution in [0.1, 0.15) is 29.5 Å². The van der Waals surface area contributed by atoms with Crippen molar-refractivity contribution < 1.29 is 29.7 Å². The number of nitriles is 1. The number of benzene rings is 2. The summed E-state index contributed by atoms with van der Waals surface area (Å²) in [5, 5.41) is 41.4. The predicted octanol–water partition coefficient (Wildman–Crippen LogP) is 2.85. The lowest BCUT2D eigenvalue weighted by atomic mass is 9.61. The third kappa shape index (κ3) is 3.01. The fourth-order valence-corrected chi connectivity index (χ4v) is 5.64. The summed E-state index contributed by atoms with van der Waals surface area (Å²) in [4.78, 5) is 37.6. The molecule has 1 fully saturated rings. The Bertz CT molecular complexity index is 1390. The van der Waals surface area contributed by atoms with Gasteiger partial charge < -0.3 is 21.1 Å². The first-order valence-corrected chi connectivity index (χ1v) is 10.8. The van der Waals surface area contributed by atoms with E-state index in [1.807, 2.05) is 0 Å². The van der Waals surface area contributed by atoms with Gasteiger partial charge in [0.25, 0.3) is 5.91 Å². The van der Waals surface area contributed by atoms with Gasteiger partial charge in [0.05, 0.1) is 23.1 Å². The number of fused-ring (bicyclic) bond motifs is 3. The van der Waals surface area contributed by atoms with E-state index in [4.69, 9.17) is 11.0 Å². The fraction of sp³-hybridized carbons (Fsp3) is 0.231. The standard InChI is InChI=1S/C26H20N2O6/c27-10-11-1-3-12(4-2-11)15-5-6-17(29)21-16(15)8-13-7-14-9-18(30)22(26(28)34)25(33)20(14)23(31)19(13)24(21)32/h1-6,13-14,20,29,32-33H,7-9H2,(H2,28,34). The highest BCUT2D eigenvalue weighted by Crippen LogP contribution is 2.51. The van der Waals surface area contributed by atoms with Crippen LogP contribution in [-0.4, -0.2) is 32.8 Å². The van der Waals surface area contributed by atoms with E-state index >= 15 is 0 Å². The number of carbonyl (C=O) groups excluding carboxylic acids is 3. The fourth-order valence-electron chi connectivity index (χ4n) is 5.64. The molecule has 2 aromatic carbocycles. The van der Waals surface area contributed by atoms with Crippen LogP contribution in [0.3, 0.4) is 0 Å². The Balaban J connectivity index is 1.66. The van der Waals surface area contributed by atoms with Gasteiger partial charge in [-0.15, -0.1) is 0 Å². The van der Waals surface area contributed by atoms with Crippen LogP contribution in [0, 0.1) is 29.1 Å². The summed E-state index contributed by atoms with van der Waals surface area (Å²) in [7, 11) is 0.